The number of esters is 1. The SMILES string of the molecule is CCCCCCc1cc(C(=O)Cc2cc(OC(C)=O)oc2C)c(O)cc1O. The smallest absolute Gasteiger partial charge is 0.310 e. The quantitative estimate of drug-likeness (QED) is 0.382. The molecule has 0 aliphatic carbocycles. The zero-order chi connectivity index (χ0) is 20.0. The van der Waals surface area contributed by atoms with Crippen LogP contribution in [0.25, 0.3) is 0 Å². The number of carbonyl (C=O) groups is 2. The Morgan fingerprint density at radius 3 is 2.44 bits per heavy atom. The minimum atomic E-state index is -0.509. The number of Topliss-reactive ketones (excluding diaryl/α,β-unsaturated/α-hetero) is 1. The summed E-state index contributed by atoms with van der Waals surface area (Å²) in [6.45, 7) is 5.06. The van der Waals surface area contributed by atoms with Gasteiger partial charge in [-0.1, -0.05) is 26.2 Å². The van der Waals surface area contributed by atoms with Crippen LogP contribution in [0.4, 0.5) is 0 Å². The number of hydrogen-bond acceptors (Lipinski definition) is 6. The van der Waals surface area contributed by atoms with Crippen LogP contribution in [0, 0.1) is 6.92 Å². The van der Waals surface area contributed by atoms with Gasteiger partial charge in [0.15, 0.2) is 5.78 Å². The monoisotopic (exact) mass is 374 g/mol. The maximum Gasteiger partial charge on any atom is 0.310 e. The van der Waals surface area contributed by atoms with E-state index in [4.69, 9.17) is 9.15 Å². The molecule has 0 amide bonds. The highest BCUT2D eigenvalue weighted by molar-refractivity contribution is 6.00. The molecule has 0 saturated heterocycles. The van der Waals surface area contributed by atoms with Gasteiger partial charge in [-0.3, -0.25) is 9.59 Å². The third kappa shape index (κ3) is 5.61. The van der Waals surface area contributed by atoms with Crippen molar-refractivity contribution < 1.29 is 29.0 Å². The van der Waals surface area contributed by atoms with Crippen molar-refractivity contribution in [3.63, 3.8) is 0 Å². The third-order valence-electron chi connectivity index (χ3n) is 4.39. The van der Waals surface area contributed by atoms with Crippen molar-refractivity contribution in [3.8, 4) is 17.4 Å². The van der Waals surface area contributed by atoms with Gasteiger partial charge in [0.2, 0.25) is 0 Å². The van der Waals surface area contributed by atoms with Gasteiger partial charge in [0.05, 0.1) is 5.56 Å². The fourth-order valence-electron chi connectivity index (χ4n) is 2.91. The van der Waals surface area contributed by atoms with Crippen molar-refractivity contribution >= 4 is 11.8 Å². The Balaban J connectivity index is 2.15. The van der Waals surface area contributed by atoms with Crippen LogP contribution >= 0.6 is 0 Å². The number of aryl methyl sites for hydroxylation is 2. The van der Waals surface area contributed by atoms with E-state index in [1.807, 2.05) is 0 Å². The van der Waals surface area contributed by atoms with Crippen LogP contribution in [-0.4, -0.2) is 22.0 Å². The summed E-state index contributed by atoms with van der Waals surface area (Å²) in [5.41, 5.74) is 1.39. The molecule has 1 aromatic carbocycles. The second-order valence-corrected chi connectivity index (χ2v) is 6.65. The summed E-state index contributed by atoms with van der Waals surface area (Å²) < 4.78 is 10.2. The van der Waals surface area contributed by atoms with Crippen LogP contribution in [0.3, 0.4) is 0 Å². The van der Waals surface area contributed by atoms with E-state index in [1.54, 1.807) is 13.0 Å². The minimum absolute atomic E-state index is 0.00261. The maximum atomic E-state index is 12.7. The van der Waals surface area contributed by atoms with E-state index in [2.05, 4.69) is 6.92 Å². The fourth-order valence-corrected chi connectivity index (χ4v) is 2.91. The molecule has 0 fully saturated rings. The lowest BCUT2D eigenvalue weighted by Gasteiger charge is -2.10. The van der Waals surface area contributed by atoms with Gasteiger partial charge in [-0.25, -0.2) is 0 Å². The van der Waals surface area contributed by atoms with E-state index < -0.39 is 5.97 Å². The molecular formula is C21H26O6. The summed E-state index contributed by atoms with van der Waals surface area (Å²) >= 11 is 0. The first-order chi connectivity index (χ1) is 12.8. The number of rotatable bonds is 9. The first-order valence-corrected chi connectivity index (χ1v) is 9.17. The van der Waals surface area contributed by atoms with Gasteiger partial charge in [-0.2, -0.15) is 0 Å². The number of phenols is 2. The molecule has 146 valence electrons. The summed E-state index contributed by atoms with van der Waals surface area (Å²) in [6.07, 6.45) is 4.83. The van der Waals surface area contributed by atoms with Crippen LogP contribution in [-0.2, 0) is 17.6 Å². The molecule has 6 nitrogen and oxygen atoms in total. The molecule has 0 radical (unpaired) electrons. The Labute approximate surface area is 158 Å². The highest BCUT2D eigenvalue weighted by Crippen LogP contribution is 2.31. The second-order valence-electron chi connectivity index (χ2n) is 6.65. The van der Waals surface area contributed by atoms with Gasteiger partial charge in [0.25, 0.3) is 5.95 Å². The van der Waals surface area contributed by atoms with Crippen LogP contribution in [0.5, 0.6) is 17.4 Å². The standard InChI is InChI=1S/C21H26O6/c1-4-5-6-7-8-15-9-17(20(25)12-18(15)23)19(24)10-16-11-21(26-13(16)2)27-14(3)22/h9,11-12,23,25H,4-8,10H2,1-3H3. The third-order valence-corrected chi connectivity index (χ3v) is 4.39. The maximum absolute atomic E-state index is 12.7. The van der Waals surface area contributed by atoms with Gasteiger partial charge < -0.3 is 19.4 Å². The lowest BCUT2D eigenvalue weighted by molar-refractivity contribution is -0.133. The van der Waals surface area contributed by atoms with Gasteiger partial charge in [0.1, 0.15) is 17.3 Å². The van der Waals surface area contributed by atoms with Crippen molar-refractivity contribution in [1.29, 1.82) is 0 Å². The molecular weight excluding hydrogens is 348 g/mol. The predicted molar refractivity (Wildman–Crippen MR) is 100 cm³/mol. The van der Waals surface area contributed by atoms with Gasteiger partial charge in [-0.05, 0) is 31.4 Å². The van der Waals surface area contributed by atoms with Crippen LogP contribution < -0.4 is 4.74 Å². The van der Waals surface area contributed by atoms with Crippen LogP contribution in [0.1, 0.15) is 66.8 Å². The predicted octanol–water partition coefficient (Wildman–Crippen LogP) is 4.47. The number of aromatic hydroxyl groups is 2. The Hall–Kier alpha value is -2.76. The summed E-state index contributed by atoms with van der Waals surface area (Å²) in [4.78, 5) is 23.7. The highest BCUT2D eigenvalue weighted by atomic mass is 16.6. The lowest BCUT2D eigenvalue weighted by Crippen LogP contribution is -2.05. The minimum Gasteiger partial charge on any atom is -0.508 e. The molecule has 2 N–H and O–H groups in total. The Bertz CT molecular complexity index is 818. The molecule has 0 aliphatic rings. The average molecular weight is 374 g/mol. The lowest BCUT2D eigenvalue weighted by atomic mass is 9.97. The van der Waals surface area contributed by atoms with E-state index in [1.165, 1.54) is 19.1 Å². The second kappa shape index (κ2) is 9.26. The molecule has 1 heterocycles. The van der Waals surface area contributed by atoms with Crippen molar-refractivity contribution in [2.45, 2.75) is 59.3 Å². The van der Waals surface area contributed by atoms with Crippen molar-refractivity contribution in [3.05, 3.63) is 40.6 Å². The van der Waals surface area contributed by atoms with Gasteiger partial charge in [-0.15, -0.1) is 0 Å². The summed E-state index contributed by atoms with van der Waals surface area (Å²) in [6, 6.07) is 4.27. The molecule has 0 atom stereocenters. The first-order valence-electron chi connectivity index (χ1n) is 9.17. The van der Waals surface area contributed by atoms with Gasteiger partial charge >= 0.3 is 5.97 Å². The van der Waals surface area contributed by atoms with E-state index in [9.17, 15) is 19.8 Å². The van der Waals surface area contributed by atoms with Crippen molar-refractivity contribution in [1.82, 2.24) is 0 Å². The van der Waals surface area contributed by atoms with E-state index in [-0.39, 0.29) is 35.2 Å². The molecule has 0 aliphatic heterocycles. The number of ether oxygens (including phenoxy) is 1. The zero-order valence-corrected chi connectivity index (χ0v) is 16.0. The average Bonchev–Trinajstić information content (AvgIpc) is 2.91. The normalized spacial score (nSPS) is 10.8. The van der Waals surface area contributed by atoms with Gasteiger partial charge in [0, 0.05) is 31.0 Å². The number of phenolic OH excluding ortho intramolecular Hbond substituents is 2. The van der Waals surface area contributed by atoms with Crippen molar-refractivity contribution in [2.24, 2.45) is 0 Å². The zero-order valence-electron chi connectivity index (χ0n) is 16.0. The van der Waals surface area contributed by atoms with E-state index in [0.717, 1.165) is 25.7 Å². The van der Waals surface area contributed by atoms with Crippen LogP contribution in [0.2, 0.25) is 0 Å². The number of furan rings is 1. The van der Waals surface area contributed by atoms with E-state index >= 15 is 0 Å². The molecule has 2 aromatic rings. The number of benzene rings is 1. The summed E-state index contributed by atoms with van der Waals surface area (Å²) in [7, 11) is 0. The molecule has 0 saturated carbocycles. The Morgan fingerprint density at radius 2 is 1.78 bits per heavy atom. The first kappa shape index (κ1) is 20.6. The summed E-state index contributed by atoms with van der Waals surface area (Å²) in [5.74, 6) is -0.563. The molecule has 0 spiro atoms. The Kier molecular flexibility index (Phi) is 7.05. The van der Waals surface area contributed by atoms with E-state index in [0.29, 0.717) is 23.3 Å². The number of ketones is 1. The number of carbonyl (C=O) groups excluding carboxylic acids is 2. The number of hydrogen-bond donors (Lipinski definition) is 2. The molecule has 6 heteroatoms. The molecule has 0 unspecified atom stereocenters. The molecule has 1 aromatic heterocycles. The van der Waals surface area contributed by atoms with Crippen molar-refractivity contribution in [2.75, 3.05) is 0 Å². The van der Waals surface area contributed by atoms with Crippen LogP contribution in [0.15, 0.2) is 22.6 Å². The topological polar surface area (TPSA) is 97.0 Å². The summed E-state index contributed by atoms with van der Waals surface area (Å²) in [5, 5.41) is 20.1. The number of unbranched alkanes of at least 4 members (excludes halogenated alkanes) is 3. The molecule has 2 rings (SSSR count). The molecule has 0 bridgehead atoms. The fraction of sp³-hybridized carbons (Fsp3) is 0.429. The highest BCUT2D eigenvalue weighted by Gasteiger charge is 2.19. The largest absolute Gasteiger partial charge is 0.508 e. The Morgan fingerprint density at radius 1 is 1.04 bits per heavy atom. The molecule has 27 heavy (non-hydrogen) atoms.